The van der Waals surface area contributed by atoms with Crippen LogP contribution in [0.25, 0.3) is 11.2 Å². The van der Waals surface area contributed by atoms with Gasteiger partial charge in [0.05, 0.1) is 6.54 Å². The molecule has 1 aromatic carbocycles. The van der Waals surface area contributed by atoms with Crippen LogP contribution in [-0.4, -0.2) is 43.0 Å². The van der Waals surface area contributed by atoms with E-state index in [1.165, 1.54) is 11.6 Å². The van der Waals surface area contributed by atoms with Crippen molar-refractivity contribution in [2.45, 2.75) is 33.4 Å². The fourth-order valence-electron chi connectivity index (χ4n) is 3.22. The van der Waals surface area contributed by atoms with Crippen LogP contribution in [0.5, 0.6) is 5.75 Å². The second kappa shape index (κ2) is 8.74. The summed E-state index contributed by atoms with van der Waals surface area (Å²) in [6, 6.07) is 7.57. The third-order valence-electron chi connectivity index (χ3n) is 4.84. The van der Waals surface area contributed by atoms with Crippen LogP contribution in [0.3, 0.4) is 0 Å². The molecule has 0 spiro atoms. The topological polar surface area (TPSA) is 103 Å². The summed E-state index contributed by atoms with van der Waals surface area (Å²) in [5.41, 5.74) is 0.703. The van der Waals surface area contributed by atoms with E-state index in [4.69, 9.17) is 4.74 Å². The van der Waals surface area contributed by atoms with Gasteiger partial charge in [-0.1, -0.05) is 26.0 Å². The van der Waals surface area contributed by atoms with Gasteiger partial charge in [-0.15, -0.1) is 0 Å². The number of rotatable bonds is 8. The number of anilines is 1. The van der Waals surface area contributed by atoms with Gasteiger partial charge in [0.2, 0.25) is 5.95 Å². The van der Waals surface area contributed by atoms with E-state index in [9.17, 15) is 14.7 Å². The van der Waals surface area contributed by atoms with E-state index in [2.05, 4.69) is 24.1 Å². The number of fused-ring (bicyclic) bond motifs is 1. The van der Waals surface area contributed by atoms with Crippen LogP contribution in [0, 0.1) is 12.8 Å². The number of hydrogen-bond donors (Lipinski definition) is 2. The number of hydrogen-bond acceptors (Lipinski definition) is 6. The third kappa shape index (κ3) is 4.40. The molecule has 2 N–H and O–H groups in total. The van der Waals surface area contributed by atoms with Gasteiger partial charge < -0.3 is 19.7 Å². The fraction of sp³-hybridized carbons (Fsp3) is 0.476. The molecule has 162 valence electrons. The van der Waals surface area contributed by atoms with Crippen molar-refractivity contribution in [1.29, 1.82) is 0 Å². The average molecular weight is 415 g/mol. The number of aromatic nitrogens is 4. The summed E-state index contributed by atoms with van der Waals surface area (Å²) < 4.78 is 9.71. The molecule has 0 saturated heterocycles. The molecule has 0 aliphatic rings. The molecule has 3 rings (SSSR count). The largest absolute Gasteiger partial charge is 0.491 e. The van der Waals surface area contributed by atoms with E-state index < -0.39 is 17.4 Å². The van der Waals surface area contributed by atoms with Crippen LogP contribution in [0.2, 0.25) is 0 Å². The SMILES string of the molecule is Cc1cccc(OCC(O)Cn2c(NCC(C)C)nc3c2c(=O)n(C)c(=O)n3C)c1. The first kappa shape index (κ1) is 21.6. The van der Waals surface area contributed by atoms with Gasteiger partial charge in [0.15, 0.2) is 11.2 Å². The minimum atomic E-state index is -0.885. The molecule has 2 heterocycles. The Balaban J connectivity index is 1.94. The maximum Gasteiger partial charge on any atom is 0.332 e. The number of nitrogens with one attached hydrogen (secondary N) is 1. The van der Waals surface area contributed by atoms with Gasteiger partial charge in [0, 0.05) is 20.6 Å². The van der Waals surface area contributed by atoms with Crippen LogP contribution in [0.4, 0.5) is 5.95 Å². The predicted octanol–water partition coefficient (Wildman–Crippen LogP) is 1.25. The Morgan fingerprint density at radius 2 is 1.93 bits per heavy atom. The zero-order valence-corrected chi connectivity index (χ0v) is 18.0. The van der Waals surface area contributed by atoms with Crippen LogP contribution in [-0.2, 0) is 20.6 Å². The highest BCUT2D eigenvalue weighted by atomic mass is 16.5. The number of ether oxygens (including phenoxy) is 1. The molecule has 0 saturated carbocycles. The van der Waals surface area contributed by atoms with Crippen molar-refractivity contribution < 1.29 is 9.84 Å². The van der Waals surface area contributed by atoms with Gasteiger partial charge in [-0.2, -0.15) is 4.98 Å². The number of benzene rings is 1. The molecule has 1 atom stereocenters. The normalized spacial score (nSPS) is 12.5. The third-order valence-corrected chi connectivity index (χ3v) is 4.84. The summed E-state index contributed by atoms with van der Waals surface area (Å²) in [4.78, 5) is 29.6. The Labute approximate surface area is 174 Å². The molecular formula is C21H29N5O4. The average Bonchev–Trinajstić information content (AvgIpc) is 3.06. The van der Waals surface area contributed by atoms with Crippen molar-refractivity contribution >= 4 is 17.1 Å². The van der Waals surface area contributed by atoms with E-state index >= 15 is 0 Å². The highest BCUT2D eigenvalue weighted by Gasteiger charge is 2.21. The van der Waals surface area contributed by atoms with Gasteiger partial charge in [0.1, 0.15) is 18.5 Å². The fourth-order valence-corrected chi connectivity index (χ4v) is 3.22. The van der Waals surface area contributed by atoms with Gasteiger partial charge in [-0.25, -0.2) is 4.79 Å². The summed E-state index contributed by atoms with van der Waals surface area (Å²) in [6.07, 6.45) is -0.885. The lowest BCUT2D eigenvalue weighted by Gasteiger charge is -2.16. The molecule has 3 aromatic rings. The Morgan fingerprint density at radius 1 is 1.20 bits per heavy atom. The monoisotopic (exact) mass is 415 g/mol. The molecule has 9 nitrogen and oxygen atoms in total. The zero-order chi connectivity index (χ0) is 22.0. The number of aliphatic hydroxyl groups excluding tert-OH is 1. The molecule has 9 heteroatoms. The Kier molecular flexibility index (Phi) is 6.31. The van der Waals surface area contributed by atoms with Crippen molar-refractivity contribution in [1.82, 2.24) is 18.7 Å². The number of aliphatic hydroxyl groups is 1. The zero-order valence-electron chi connectivity index (χ0n) is 18.0. The molecule has 0 radical (unpaired) electrons. The molecular weight excluding hydrogens is 386 g/mol. The first-order valence-electron chi connectivity index (χ1n) is 9.96. The number of imidazole rings is 1. The van der Waals surface area contributed by atoms with Crippen molar-refractivity contribution in [3.05, 3.63) is 50.7 Å². The Hall–Kier alpha value is -3.07. The minimum Gasteiger partial charge on any atom is -0.491 e. The lowest BCUT2D eigenvalue weighted by Crippen LogP contribution is -2.38. The van der Waals surface area contributed by atoms with Crippen LogP contribution >= 0.6 is 0 Å². The molecule has 2 aromatic heterocycles. The summed E-state index contributed by atoms with van der Waals surface area (Å²) in [6.45, 7) is 6.86. The molecule has 0 aliphatic carbocycles. The molecule has 0 bridgehead atoms. The second-order valence-corrected chi connectivity index (χ2v) is 7.98. The van der Waals surface area contributed by atoms with Gasteiger partial charge in [-0.05, 0) is 30.5 Å². The quantitative estimate of drug-likeness (QED) is 0.574. The Bertz CT molecular complexity index is 1160. The summed E-state index contributed by atoms with van der Waals surface area (Å²) in [5, 5.41) is 13.8. The van der Waals surface area contributed by atoms with E-state index in [0.717, 1.165) is 10.1 Å². The molecule has 1 unspecified atom stereocenters. The summed E-state index contributed by atoms with van der Waals surface area (Å²) in [7, 11) is 3.00. The van der Waals surface area contributed by atoms with Crippen molar-refractivity contribution in [3.63, 3.8) is 0 Å². The second-order valence-electron chi connectivity index (χ2n) is 7.98. The number of aryl methyl sites for hydroxylation is 2. The maximum absolute atomic E-state index is 12.8. The van der Waals surface area contributed by atoms with Crippen molar-refractivity contribution in [2.75, 3.05) is 18.5 Å². The standard InChI is InChI=1S/C21H29N5O4/c1-13(2)10-22-20-23-18-17(19(28)25(5)21(29)24(18)4)26(20)11-15(27)12-30-16-8-6-7-14(3)9-16/h6-9,13,15,27H,10-12H2,1-5H3,(H,22,23). The van der Waals surface area contributed by atoms with Crippen LogP contribution in [0.1, 0.15) is 19.4 Å². The van der Waals surface area contributed by atoms with E-state index in [1.807, 2.05) is 31.2 Å². The summed E-state index contributed by atoms with van der Waals surface area (Å²) >= 11 is 0. The maximum atomic E-state index is 12.8. The lowest BCUT2D eigenvalue weighted by molar-refractivity contribution is 0.0938. The lowest BCUT2D eigenvalue weighted by atomic mass is 10.2. The first-order valence-corrected chi connectivity index (χ1v) is 9.96. The van der Waals surface area contributed by atoms with Gasteiger partial charge >= 0.3 is 5.69 Å². The van der Waals surface area contributed by atoms with Gasteiger partial charge in [0.25, 0.3) is 5.56 Å². The Morgan fingerprint density at radius 3 is 2.60 bits per heavy atom. The summed E-state index contributed by atoms with van der Waals surface area (Å²) in [5.74, 6) is 1.45. The van der Waals surface area contributed by atoms with Gasteiger partial charge in [-0.3, -0.25) is 13.9 Å². The van der Waals surface area contributed by atoms with E-state index in [1.54, 1.807) is 11.6 Å². The predicted molar refractivity (Wildman–Crippen MR) is 116 cm³/mol. The minimum absolute atomic E-state index is 0.0544. The molecule has 0 fully saturated rings. The molecule has 0 amide bonds. The molecule has 0 aliphatic heterocycles. The van der Waals surface area contributed by atoms with E-state index in [-0.39, 0.29) is 24.3 Å². The van der Waals surface area contributed by atoms with Crippen LogP contribution < -0.4 is 21.3 Å². The number of nitrogens with zero attached hydrogens (tertiary/aromatic N) is 4. The highest BCUT2D eigenvalue weighted by molar-refractivity contribution is 5.74. The smallest absolute Gasteiger partial charge is 0.332 e. The molecule has 30 heavy (non-hydrogen) atoms. The van der Waals surface area contributed by atoms with E-state index in [0.29, 0.717) is 24.2 Å². The van der Waals surface area contributed by atoms with Crippen LogP contribution in [0.15, 0.2) is 33.9 Å². The highest BCUT2D eigenvalue weighted by Crippen LogP contribution is 2.18. The van der Waals surface area contributed by atoms with Crippen molar-refractivity contribution in [2.24, 2.45) is 20.0 Å². The van der Waals surface area contributed by atoms with Crippen molar-refractivity contribution in [3.8, 4) is 5.75 Å². The first-order chi connectivity index (χ1) is 14.2.